The summed E-state index contributed by atoms with van der Waals surface area (Å²) in [6, 6.07) is 0. The van der Waals surface area contributed by atoms with Crippen molar-refractivity contribution in [2.45, 2.75) is 17.5 Å². The number of nitrogen functional groups attached to an aromatic ring is 2. The molecular formula is C9H13N7OS. The molecule has 0 amide bonds. The first-order chi connectivity index (χ1) is 8.60. The van der Waals surface area contributed by atoms with Crippen LogP contribution in [0.3, 0.4) is 0 Å². The molecule has 0 aliphatic heterocycles. The molecule has 0 radical (unpaired) electrons. The van der Waals surface area contributed by atoms with Crippen molar-refractivity contribution in [3.05, 3.63) is 17.7 Å². The number of nitrogens with two attached hydrogens (primary N) is 2. The largest absolute Gasteiger partial charge is 0.390 e. The average molecular weight is 267 g/mol. The molecule has 0 atom stereocenters. The van der Waals surface area contributed by atoms with E-state index in [0.717, 1.165) is 10.9 Å². The van der Waals surface area contributed by atoms with Crippen LogP contribution in [-0.2, 0) is 19.4 Å². The van der Waals surface area contributed by atoms with Crippen LogP contribution < -0.4 is 11.5 Å². The van der Waals surface area contributed by atoms with Gasteiger partial charge in [-0.1, -0.05) is 11.8 Å². The molecule has 5 N–H and O–H groups in total. The lowest BCUT2D eigenvalue weighted by Gasteiger charge is -2.04. The van der Waals surface area contributed by atoms with Gasteiger partial charge in [0, 0.05) is 7.05 Å². The van der Waals surface area contributed by atoms with Crippen LogP contribution in [0.2, 0.25) is 0 Å². The van der Waals surface area contributed by atoms with Crippen molar-refractivity contribution >= 4 is 23.7 Å². The summed E-state index contributed by atoms with van der Waals surface area (Å²) in [5.74, 6) is 1.19. The molecular weight excluding hydrogens is 254 g/mol. The van der Waals surface area contributed by atoms with Crippen LogP contribution in [0, 0.1) is 0 Å². The highest BCUT2D eigenvalue weighted by atomic mass is 32.2. The molecule has 0 aromatic carbocycles. The van der Waals surface area contributed by atoms with E-state index in [4.69, 9.17) is 16.6 Å². The molecule has 9 heteroatoms. The molecule has 2 aromatic heterocycles. The SMILES string of the molecule is Cn1c(CO)cnc1SCc1nc(N)nc(N)n1. The van der Waals surface area contributed by atoms with E-state index >= 15 is 0 Å². The summed E-state index contributed by atoms with van der Waals surface area (Å²) >= 11 is 1.43. The molecule has 0 aliphatic carbocycles. The first kappa shape index (κ1) is 12.6. The number of rotatable bonds is 4. The molecule has 0 unspecified atom stereocenters. The van der Waals surface area contributed by atoms with E-state index in [9.17, 15) is 0 Å². The monoisotopic (exact) mass is 267 g/mol. The van der Waals surface area contributed by atoms with Gasteiger partial charge in [-0.05, 0) is 0 Å². The minimum absolute atomic E-state index is 0.0459. The minimum Gasteiger partial charge on any atom is -0.390 e. The molecule has 0 saturated carbocycles. The van der Waals surface area contributed by atoms with E-state index in [1.54, 1.807) is 10.8 Å². The molecule has 0 fully saturated rings. The number of thioether (sulfide) groups is 1. The van der Waals surface area contributed by atoms with Gasteiger partial charge in [0.2, 0.25) is 11.9 Å². The molecule has 0 spiro atoms. The topological polar surface area (TPSA) is 129 Å². The van der Waals surface area contributed by atoms with Crippen molar-refractivity contribution in [1.29, 1.82) is 0 Å². The van der Waals surface area contributed by atoms with E-state index < -0.39 is 0 Å². The highest BCUT2D eigenvalue weighted by Gasteiger charge is 2.08. The summed E-state index contributed by atoms with van der Waals surface area (Å²) in [5, 5.41) is 9.81. The van der Waals surface area contributed by atoms with Gasteiger partial charge in [-0.3, -0.25) is 0 Å². The molecule has 2 rings (SSSR count). The van der Waals surface area contributed by atoms with Crippen molar-refractivity contribution in [2.75, 3.05) is 11.5 Å². The molecule has 96 valence electrons. The van der Waals surface area contributed by atoms with E-state index in [2.05, 4.69) is 19.9 Å². The molecule has 0 bridgehead atoms. The average Bonchev–Trinajstić information content (AvgIpc) is 2.66. The van der Waals surface area contributed by atoms with Crippen LogP contribution in [0.1, 0.15) is 11.5 Å². The zero-order chi connectivity index (χ0) is 13.1. The molecule has 18 heavy (non-hydrogen) atoms. The Labute approximate surface area is 107 Å². The van der Waals surface area contributed by atoms with Gasteiger partial charge in [-0.25, -0.2) is 4.98 Å². The summed E-state index contributed by atoms with van der Waals surface area (Å²) in [7, 11) is 1.83. The Morgan fingerprint density at radius 3 is 2.50 bits per heavy atom. The highest BCUT2D eigenvalue weighted by molar-refractivity contribution is 7.98. The van der Waals surface area contributed by atoms with Crippen LogP contribution in [0.4, 0.5) is 11.9 Å². The lowest BCUT2D eigenvalue weighted by atomic mass is 10.5. The summed E-state index contributed by atoms with van der Waals surface area (Å²) in [5.41, 5.74) is 11.7. The maximum Gasteiger partial charge on any atom is 0.225 e. The molecule has 8 nitrogen and oxygen atoms in total. The summed E-state index contributed by atoms with van der Waals surface area (Å²) < 4.78 is 1.80. The van der Waals surface area contributed by atoms with Crippen LogP contribution in [0.5, 0.6) is 0 Å². The summed E-state index contributed by atoms with van der Waals surface area (Å²) in [4.78, 5) is 15.8. The summed E-state index contributed by atoms with van der Waals surface area (Å²) in [6.45, 7) is -0.0459. The van der Waals surface area contributed by atoms with Gasteiger partial charge in [-0.15, -0.1) is 0 Å². The fraction of sp³-hybridized carbons (Fsp3) is 0.333. The van der Waals surface area contributed by atoms with Crippen molar-refractivity contribution in [3.8, 4) is 0 Å². The van der Waals surface area contributed by atoms with Gasteiger partial charge in [0.05, 0.1) is 24.3 Å². The lowest BCUT2D eigenvalue weighted by molar-refractivity contribution is 0.271. The smallest absolute Gasteiger partial charge is 0.225 e. The summed E-state index contributed by atoms with van der Waals surface area (Å²) in [6.07, 6.45) is 1.62. The lowest BCUT2D eigenvalue weighted by Crippen LogP contribution is -2.06. The van der Waals surface area contributed by atoms with Gasteiger partial charge in [0.25, 0.3) is 0 Å². The van der Waals surface area contributed by atoms with Crippen LogP contribution >= 0.6 is 11.8 Å². The van der Waals surface area contributed by atoms with Gasteiger partial charge >= 0.3 is 0 Å². The maximum atomic E-state index is 9.05. The number of aliphatic hydroxyl groups is 1. The number of aliphatic hydroxyl groups excluding tert-OH is 1. The first-order valence-corrected chi connectivity index (χ1v) is 6.09. The van der Waals surface area contributed by atoms with Crippen molar-refractivity contribution in [2.24, 2.45) is 7.05 Å². The molecule has 0 saturated heterocycles. The second kappa shape index (κ2) is 5.19. The second-order valence-corrected chi connectivity index (χ2v) is 4.45. The number of nitrogens with zero attached hydrogens (tertiary/aromatic N) is 5. The van der Waals surface area contributed by atoms with Crippen LogP contribution in [0.15, 0.2) is 11.4 Å². The normalized spacial score (nSPS) is 10.8. The Morgan fingerprint density at radius 1 is 1.28 bits per heavy atom. The third-order valence-electron chi connectivity index (χ3n) is 2.25. The minimum atomic E-state index is -0.0459. The van der Waals surface area contributed by atoms with E-state index in [0.29, 0.717) is 11.6 Å². The number of imidazole rings is 1. The highest BCUT2D eigenvalue weighted by Crippen LogP contribution is 2.20. The standard InChI is InChI=1S/C9H13N7OS/c1-16-5(3-17)2-12-9(16)18-4-6-13-7(10)15-8(11)14-6/h2,17H,3-4H2,1H3,(H4,10,11,13,14,15). The van der Waals surface area contributed by atoms with Crippen molar-refractivity contribution < 1.29 is 5.11 Å². The molecule has 0 aliphatic rings. The van der Waals surface area contributed by atoms with Crippen molar-refractivity contribution in [3.63, 3.8) is 0 Å². The zero-order valence-corrected chi connectivity index (χ0v) is 10.6. The second-order valence-electron chi connectivity index (χ2n) is 3.51. The fourth-order valence-corrected chi connectivity index (χ4v) is 2.18. The number of hydrogen-bond acceptors (Lipinski definition) is 8. The van der Waals surface area contributed by atoms with Crippen LogP contribution in [0.25, 0.3) is 0 Å². The predicted molar refractivity (Wildman–Crippen MR) is 67.3 cm³/mol. The van der Waals surface area contributed by atoms with Gasteiger partial charge in [0.1, 0.15) is 5.82 Å². The Kier molecular flexibility index (Phi) is 3.63. The Morgan fingerprint density at radius 2 is 1.94 bits per heavy atom. The van der Waals surface area contributed by atoms with E-state index in [1.165, 1.54) is 11.8 Å². The van der Waals surface area contributed by atoms with E-state index in [1.807, 2.05) is 7.05 Å². The van der Waals surface area contributed by atoms with Gasteiger partial charge in [0.15, 0.2) is 5.16 Å². The van der Waals surface area contributed by atoms with E-state index in [-0.39, 0.29) is 18.5 Å². The third kappa shape index (κ3) is 2.68. The zero-order valence-electron chi connectivity index (χ0n) is 9.74. The Bertz CT molecular complexity index is 536. The molecule has 2 aromatic rings. The third-order valence-corrected chi connectivity index (χ3v) is 3.29. The quantitative estimate of drug-likeness (QED) is 0.635. The van der Waals surface area contributed by atoms with Gasteiger partial charge < -0.3 is 21.1 Å². The molecule has 2 heterocycles. The number of aromatic nitrogens is 5. The fourth-order valence-electron chi connectivity index (χ4n) is 1.36. The Balaban J connectivity index is 2.09. The Hall–Kier alpha value is -1.87. The van der Waals surface area contributed by atoms with Crippen molar-refractivity contribution in [1.82, 2.24) is 24.5 Å². The van der Waals surface area contributed by atoms with Gasteiger partial charge in [-0.2, -0.15) is 15.0 Å². The predicted octanol–water partition coefficient (Wildman–Crippen LogP) is -0.446. The number of anilines is 2. The van der Waals surface area contributed by atoms with Crippen LogP contribution in [-0.4, -0.2) is 29.6 Å². The number of hydrogen-bond donors (Lipinski definition) is 3. The first-order valence-electron chi connectivity index (χ1n) is 5.10. The maximum absolute atomic E-state index is 9.05.